The Labute approximate surface area is 289 Å². The van der Waals surface area contributed by atoms with E-state index in [0.717, 1.165) is 37.8 Å². The molecule has 0 radical (unpaired) electrons. The van der Waals surface area contributed by atoms with Crippen molar-refractivity contribution < 1.29 is 35.6 Å². The van der Waals surface area contributed by atoms with Crippen LogP contribution >= 0.6 is 0 Å². The quantitative estimate of drug-likeness (QED) is 0.146. The van der Waals surface area contributed by atoms with Gasteiger partial charge < -0.3 is 16.5 Å². The van der Waals surface area contributed by atoms with Crippen LogP contribution in [0.4, 0.5) is 0 Å². The van der Waals surface area contributed by atoms with E-state index in [2.05, 4.69) is 64.3 Å². The average Bonchev–Trinajstić information content (AvgIpc) is 3.84. The lowest BCUT2D eigenvalue weighted by molar-refractivity contribution is -0.142. The van der Waals surface area contributed by atoms with Gasteiger partial charge in [0.05, 0.1) is 23.7 Å². The van der Waals surface area contributed by atoms with E-state index in [1.807, 2.05) is 0 Å². The maximum atomic E-state index is 13.4. The maximum absolute atomic E-state index is 13.4. The molecule has 3 saturated heterocycles. The molecule has 0 aromatic rings. The number of rotatable bonds is 12. The summed E-state index contributed by atoms with van der Waals surface area (Å²) in [6, 6.07) is 2.93. The summed E-state index contributed by atoms with van der Waals surface area (Å²) in [4.78, 5) is 56.6. The Bertz CT molecular complexity index is 1270. The van der Waals surface area contributed by atoms with Crippen LogP contribution in [0.1, 0.15) is 52.4 Å². The molecule has 12 atom stereocenters. The Kier molecular flexibility index (Phi) is 9.16. The molecule has 2 saturated carbocycles. The molecule has 4 bridgehead atoms. The fourth-order valence-corrected chi connectivity index (χ4v) is 34.2. The number of fused-ring (bicyclic) bond motifs is 10. The standard InChI is InChI=1S/C34H54N2O8Si4/c1-7-17-45(3)41-46(4,18-8-2)43-48(6,20-10-16-36-33(39)29-25-13-14-26(22-25)30(29)34(36)40)44-47(5,42-45)19-9-15-35-31(37)27-23-11-12-24(21-23)28(27)32(35)38/h11-14,23-30H,7-10,15-22H2,1-6H3. The van der Waals surface area contributed by atoms with Crippen LogP contribution in [-0.4, -0.2) is 80.8 Å². The first-order valence-corrected chi connectivity index (χ1v) is 28.7. The molecule has 3 aliphatic heterocycles. The second-order valence-electron chi connectivity index (χ2n) is 16.3. The number of likely N-dealkylation sites (tertiary alicyclic amines) is 2. The molecule has 0 aromatic carbocycles. The molecular weight excluding hydrogens is 677 g/mol. The van der Waals surface area contributed by atoms with Crippen LogP contribution in [0.25, 0.3) is 0 Å². The van der Waals surface area contributed by atoms with Crippen LogP contribution in [0.3, 0.4) is 0 Å². The number of nitrogens with zero attached hydrogens (tertiary/aromatic N) is 2. The monoisotopic (exact) mass is 730 g/mol. The number of hydrogen-bond donors (Lipinski definition) is 0. The highest BCUT2D eigenvalue weighted by Gasteiger charge is 2.61. The van der Waals surface area contributed by atoms with Gasteiger partial charge in [0.2, 0.25) is 23.6 Å². The van der Waals surface area contributed by atoms with Gasteiger partial charge in [0.1, 0.15) is 0 Å². The lowest BCUT2D eigenvalue weighted by Crippen LogP contribution is -2.67. The van der Waals surface area contributed by atoms with E-state index in [4.69, 9.17) is 16.5 Å². The minimum atomic E-state index is -2.93. The summed E-state index contributed by atoms with van der Waals surface area (Å²) in [6.45, 7) is 13.6. The molecule has 0 aromatic heterocycles. The van der Waals surface area contributed by atoms with Crippen LogP contribution in [0.15, 0.2) is 24.3 Å². The van der Waals surface area contributed by atoms with Crippen molar-refractivity contribution >= 4 is 57.9 Å². The Balaban J connectivity index is 1.05. The number of allylic oxidation sites excluding steroid dienone is 4. The molecule has 4 amide bonds. The highest BCUT2D eigenvalue weighted by atomic mass is 28.5. The van der Waals surface area contributed by atoms with Gasteiger partial charge in [0.15, 0.2) is 0 Å². The second-order valence-corrected chi connectivity index (χ2v) is 30.6. The largest absolute Gasteiger partial charge is 0.416 e. The minimum Gasteiger partial charge on any atom is -0.416 e. The van der Waals surface area contributed by atoms with Crippen molar-refractivity contribution in [3.8, 4) is 0 Å². The Morgan fingerprint density at radius 1 is 0.521 bits per heavy atom. The summed E-state index contributed by atoms with van der Waals surface area (Å²) in [5.41, 5.74) is 0. The zero-order valence-electron chi connectivity index (χ0n) is 29.6. The molecule has 3 heterocycles. The van der Waals surface area contributed by atoms with Gasteiger partial charge in [-0.1, -0.05) is 51.0 Å². The minimum absolute atomic E-state index is 0.00971. The van der Waals surface area contributed by atoms with Crippen LogP contribution in [0.5, 0.6) is 0 Å². The summed E-state index contributed by atoms with van der Waals surface area (Å²) in [6.07, 6.45) is 13.5. The number of hydrogen-bond acceptors (Lipinski definition) is 8. The molecule has 5 fully saturated rings. The third-order valence-corrected chi connectivity index (χ3v) is 31.4. The molecule has 14 heteroatoms. The van der Waals surface area contributed by atoms with Crippen molar-refractivity contribution in [3.63, 3.8) is 0 Å². The molecule has 7 rings (SSSR count). The van der Waals surface area contributed by atoms with Crippen molar-refractivity contribution in [2.45, 2.75) is 103 Å². The molecule has 48 heavy (non-hydrogen) atoms. The number of carbonyl (C=O) groups excluding carboxylic acids is 4. The van der Waals surface area contributed by atoms with Crippen molar-refractivity contribution in [2.24, 2.45) is 47.3 Å². The molecule has 264 valence electrons. The Hall–Kier alpha value is -1.53. The predicted octanol–water partition coefficient (Wildman–Crippen LogP) is 5.57. The van der Waals surface area contributed by atoms with Crippen LogP contribution in [-0.2, 0) is 35.6 Å². The smallest absolute Gasteiger partial charge is 0.317 e. The molecule has 7 aliphatic rings. The van der Waals surface area contributed by atoms with Gasteiger partial charge in [-0.3, -0.25) is 29.0 Å². The van der Waals surface area contributed by atoms with Gasteiger partial charge in [0.25, 0.3) is 0 Å². The topological polar surface area (TPSA) is 112 Å². The normalized spacial score (nSPS) is 45.9. The molecule has 10 nitrogen and oxygen atoms in total. The van der Waals surface area contributed by atoms with E-state index in [-0.39, 0.29) is 71.0 Å². The van der Waals surface area contributed by atoms with E-state index in [1.165, 1.54) is 9.80 Å². The summed E-state index contributed by atoms with van der Waals surface area (Å²) in [7, 11) is -11.2. The van der Waals surface area contributed by atoms with Gasteiger partial charge in [0, 0.05) is 13.1 Å². The predicted molar refractivity (Wildman–Crippen MR) is 189 cm³/mol. The van der Waals surface area contributed by atoms with Gasteiger partial charge in [-0.25, -0.2) is 0 Å². The lowest BCUT2D eigenvalue weighted by Gasteiger charge is -2.50. The van der Waals surface area contributed by atoms with Gasteiger partial charge >= 0.3 is 34.2 Å². The molecule has 4 aliphatic carbocycles. The van der Waals surface area contributed by atoms with Crippen molar-refractivity contribution in [3.05, 3.63) is 24.3 Å². The van der Waals surface area contributed by atoms with Gasteiger partial charge in [-0.2, -0.15) is 0 Å². The van der Waals surface area contributed by atoms with E-state index >= 15 is 0 Å². The fraction of sp³-hybridized carbons (Fsp3) is 0.765. The van der Waals surface area contributed by atoms with Crippen LogP contribution < -0.4 is 0 Å². The average molecular weight is 731 g/mol. The van der Waals surface area contributed by atoms with E-state index in [0.29, 0.717) is 38.0 Å². The summed E-state index contributed by atoms with van der Waals surface area (Å²) < 4.78 is 28.7. The van der Waals surface area contributed by atoms with E-state index < -0.39 is 34.2 Å². The molecule has 0 N–H and O–H groups in total. The highest BCUT2D eigenvalue weighted by molar-refractivity contribution is 6.93. The van der Waals surface area contributed by atoms with Crippen molar-refractivity contribution in [1.29, 1.82) is 0 Å². The molecule has 0 spiro atoms. The number of carbonyl (C=O) groups is 4. The maximum Gasteiger partial charge on any atom is 0.317 e. The van der Waals surface area contributed by atoms with Crippen molar-refractivity contribution in [2.75, 3.05) is 13.1 Å². The summed E-state index contributed by atoms with van der Waals surface area (Å²) >= 11 is 0. The zero-order valence-corrected chi connectivity index (χ0v) is 33.6. The third-order valence-electron chi connectivity index (χ3n) is 12.3. The Morgan fingerprint density at radius 3 is 1.06 bits per heavy atom. The first-order chi connectivity index (χ1) is 22.7. The number of imide groups is 2. The van der Waals surface area contributed by atoms with E-state index in [9.17, 15) is 19.2 Å². The second kappa shape index (κ2) is 12.6. The summed E-state index contributed by atoms with van der Waals surface area (Å²) in [5, 5.41) is 0. The lowest BCUT2D eigenvalue weighted by atomic mass is 9.85. The molecule has 12 unspecified atom stereocenters. The zero-order chi connectivity index (χ0) is 34.2. The van der Waals surface area contributed by atoms with Crippen molar-refractivity contribution in [1.82, 2.24) is 9.80 Å². The van der Waals surface area contributed by atoms with Crippen LogP contribution in [0.2, 0.25) is 50.4 Å². The molecular formula is C34H54N2O8Si4. The first kappa shape index (κ1) is 34.9. The van der Waals surface area contributed by atoms with Crippen LogP contribution in [0, 0.1) is 47.3 Å². The number of amides is 4. The SMILES string of the molecule is CCC[Si]1(C)O[Si](C)(CCC)O[Si](C)(CCCN2C(=O)C3C4C=CC(C4)C3C2=O)O[Si](C)(CCCN2C(=O)C3C4C=CC(C4)C3C2=O)O1. The van der Waals surface area contributed by atoms with E-state index in [1.54, 1.807) is 0 Å². The van der Waals surface area contributed by atoms with Gasteiger partial charge in [-0.15, -0.1) is 0 Å². The first-order valence-electron chi connectivity index (χ1n) is 18.6. The highest BCUT2D eigenvalue weighted by Crippen LogP contribution is 2.54. The third kappa shape index (κ3) is 5.99. The van der Waals surface area contributed by atoms with Gasteiger partial charge in [-0.05, 0) is 99.7 Å². The summed E-state index contributed by atoms with van der Waals surface area (Å²) in [5.74, 6) is 0.0170. The Morgan fingerprint density at radius 2 is 0.792 bits per heavy atom. The fourth-order valence-electron chi connectivity index (χ4n) is 10.7.